The van der Waals surface area contributed by atoms with Crippen molar-refractivity contribution in [3.05, 3.63) is 66.1 Å². The molecule has 2 atom stereocenters. The molecule has 0 radical (unpaired) electrons. The van der Waals surface area contributed by atoms with Crippen LogP contribution in [0.25, 0.3) is 11.5 Å². The van der Waals surface area contributed by atoms with E-state index in [9.17, 15) is 9.59 Å². The lowest BCUT2D eigenvalue weighted by Crippen LogP contribution is -2.47. The van der Waals surface area contributed by atoms with Crippen LogP contribution in [0, 0.1) is 18.8 Å². The highest BCUT2D eigenvalue weighted by atomic mass is 16.2. The summed E-state index contributed by atoms with van der Waals surface area (Å²) in [4.78, 5) is 28.6. The Bertz CT molecular complexity index is 1160. The molecular formula is C28H35N5O2. The van der Waals surface area contributed by atoms with E-state index in [2.05, 4.69) is 12.2 Å². The van der Waals surface area contributed by atoms with Gasteiger partial charge in [0.1, 0.15) is 5.56 Å². The van der Waals surface area contributed by atoms with Crippen molar-refractivity contribution in [3.8, 4) is 11.5 Å². The first kappa shape index (κ1) is 23.4. The average Bonchev–Trinajstić information content (AvgIpc) is 3.53. The van der Waals surface area contributed by atoms with E-state index in [0.29, 0.717) is 49.1 Å². The summed E-state index contributed by atoms with van der Waals surface area (Å²) in [6.45, 7) is 5.30. The van der Waals surface area contributed by atoms with E-state index in [1.165, 1.54) is 19.3 Å². The third-order valence-electron chi connectivity index (χ3n) is 7.69. The van der Waals surface area contributed by atoms with Crippen molar-refractivity contribution in [3.63, 3.8) is 0 Å². The highest BCUT2D eigenvalue weighted by molar-refractivity contribution is 5.99. The van der Waals surface area contributed by atoms with Gasteiger partial charge in [-0.1, -0.05) is 38.0 Å². The van der Waals surface area contributed by atoms with Crippen LogP contribution in [0.4, 0.5) is 0 Å². The Morgan fingerprint density at radius 3 is 2.31 bits per heavy atom. The zero-order valence-electron chi connectivity index (χ0n) is 20.7. The van der Waals surface area contributed by atoms with Crippen LogP contribution >= 0.6 is 0 Å². The number of benzene rings is 1. The number of piperidine rings is 1. The first-order valence-corrected chi connectivity index (χ1v) is 12.9. The van der Waals surface area contributed by atoms with E-state index in [1.807, 2.05) is 75.9 Å². The number of aryl methyl sites for hydroxylation is 1. The zero-order valence-corrected chi connectivity index (χ0v) is 20.7. The van der Waals surface area contributed by atoms with Crippen molar-refractivity contribution in [2.24, 2.45) is 11.8 Å². The molecule has 2 aromatic heterocycles. The van der Waals surface area contributed by atoms with E-state index in [0.717, 1.165) is 17.9 Å². The standard InChI is InChI=1S/C28H35N5O2/c1-20-10-6-7-13-24(20)29-26(34)22-14-18-32(19-15-22)28(35)25-21(2)30-33(23-11-4-3-5-12-23)27(25)31-16-8-9-17-31/h3-5,8-9,11-12,16-17,20,22,24H,6-7,10,13-15,18-19H2,1-2H3,(H,29,34). The molecule has 1 saturated carbocycles. The van der Waals surface area contributed by atoms with Crippen LogP contribution in [-0.2, 0) is 4.79 Å². The van der Waals surface area contributed by atoms with Gasteiger partial charge in [0.2, 0.25) is 5.91 Å². The summed E-state index contributed by atoms with van der Waals surface area (Å²) in [5.74, 6) is 1.41. The van der Waals surface area contributed by atoms with E-state index >= 15 is 0 Å². The molecule has 2 aliphatic rings. The predicted octanol–water partition coefficient (Wildman–Crippen LogP) is 4.52. The van der Waals surface area contributed by atoms with Crippen LogP contribution in [0.15, 0.2) is 54.9 Å². The topological polar surface area (TPSA) is 72.2 Å². The van der Waals surface area contributed by atoms with Gasteiger partial charge in [-0.15, -0.1) is 0 Å². The van der Waals surface area contributed by atoms with E-state index < -0.39 is 0 Å². The summed E-state index contributed by atoms with van der Waals surface area (Å²) in [5, 5.41) is 8.07. The van der Waals surface area contributed by atoms with Crippen molar-refractivity contribution in [2.45, 2.75) is 58.4 Å². The van der Waals surface area contributed by atoms with Gasteiger partial charge in [0.05, 0.1) is 11.4 Å². The van der Waals surface area contributed by atoms with Gasteiger partial charge in [-0.2, -0.15) is 5.10 Å². The van der Waals surface area contributed by atoms with E-state index in [4.69, 9.17) is 5.10 Å². The van der Waals surface area contributed by atoms with Crippen molar-refractivity contribution in [1.82, 2.24) is 24.6 Å². The lowest BCUT2D eigenvalue weighted by molar-refractivity contribution is -0.127. The molecule has 3 heterocycles. The van der Waals surface area contributed by atoms with Gasteiger partial charge in [-0.05, 0) is 62.8 Å². The van der Waals surface area contributed by atoms with Crippen LogP contribution in [0.3, 0.4) is 0 Å². The van der Waals surface area contributed by atoms with Crippen molar-refractivity contribution < 1.29 is 9.59 Å². The molecular weight excluding hydrogens is 438 g/mol. The van der Waals surface area contributed by atoms with Crippen LogP contribution in [0.1, 0.15) is 61.5 Å². The molecule has 1 aliphatic carbocycles. The predicted molar refractivity (Wildman–Crippen MR) is 136 cm³/mol. The fraction of sp³-hybridized carbons (Fsp3) is 0.464. The number of carbonyl (C=O) groups excluding carboxylic acids is 2. The number of rotatable bonds is 5. The minimum atomic E-state index is -0.0229. The molecule has 2 fully saturated rings. The van der Waals surface area contributed by atoms with Gasteiger partial charge < -0.3 is 14.8 Å². The maximum absolute atomic E-state index is 13.8. The van der Waals surface area contributed by atoms with Crippen molar-refractivity contribution in [2.75, 3.05) is 13.1 Å². The molecule has 2 amide bonds. The van der Waals surface area contributed by atoms with Crippen molar-refractivity contribution >= 4 is 11.8 Å². The van der Waals surface area contributed by atoms with E-state index in [-0.39, 0.29) is 17.7 Å². The summed E-state index contributed by atoms with van der Waals surface area (Å²) in [6, 6.07) is 14.1. The highest BCUT2D eigenvalue weighted by Crippen LogP contribution is 2.28. The fourth-order valence-electron chi connectivity index (χ4n) is 5.56. The SMILES string of the molecule is Cc1nn(-c2ccccc2)c(-n2cccc2)c1C(=O)N1CCC(C(=O)NC2CCCCC2C)CC1. The number of hydrogen-bond acceptors (Lipinski definition) is 3. The summed E-state index contributed by atoms with van der Waals surface area (Å²) in [5.41, 5.74) is 2.23. The average molecular weight is 474 g/mol. The Hall–Kier alpha value is -3.35. The Labute approximate surface area is 207 Å². The Morgan fingerprint density at radius 1 is 0.943 bits per heavy atom. The molecule has 1 saturated heterocycles. The summed E-state index contributed by atoms with van der Waals surface area (Å²) in [6.07, 6.45) is 10.0. The molecule has 184 valence electrons. The lowest BCUT2D eigenvalue weighted by Gasteiger charge is -2.34. The van der Waals surface area contributed by atoms with E-state index in [1.54, 1.807) is 0 Å². The lowest BCUT2D eigenvalue weighted by atomic mass is 9.85. The number of nitrogens with one attached hydrogen (secondary N) is 1. The van der Waals surface area contributed by atoms with Crippen LogP contribution < -0.4 is 5.32 Å². The van der Waals surface area contributed by atoms with Crippen molar-refractivity contribution in [1.29, 1.82) is 0 Å². The second kappa shape index (κ2) is 10.1. The minimum absolute atomic E-state index is 0.0202. The number of likely N-dealkylation sites (tertiary alicyclic amines) is 1. The number of para-hydroxylation sites is 1. The molecule has 0 bridgehead atoms. The molecule has 2 unspecified atom stereocenters. The number of hydrogen-bond donors (Lipinski definition) is 1. The third kappa shape index (κ3) is 4.77. The minimum Gasteiger partial charge on any atom is -0.353 e. The maximum Gasteiger partial charge on any atom is 0.259 e. The Morgan fingerprint density at radius 2 is 1.63 bits per heavy atom. The molecule has 1 aliphatic heterocycles. The first-order valence-electron chi connectivity index (χ1n) is 12.9. The molecule has 3 aromatic rings. The largest absolute Gasteiger partial charge is 0.353 e. The molecule has 35 heavy (non-hydrogen) atoms. The number of nitrogens with zero attached hydrogens (tertiary/aromatic N) is 4. The molecule has 7 nitrogen and oxygen atoms in total. The number of carbonyl (C=O) groups is 2. The molecule has 7 heteroatoms. The van der Waals surface area contributed by atoms with Crippen LogP contribution in [-0.4, -0.2) is 50.2 Å². The molecule has 5 rings (SSSR count). The van der Waals surface area contributed by atoms with Gasteiger partial charge in [0, 0.05) is 37.4 Å². The summed E-state index contributed by atoms with van der Waals surface area (Å²) < 4.78 is 3.79. The number of aromatic nitrogens is 3. The zero-order chi connectivity index (χ0) is 24.4. The van der Waals surface area contributed by atoms with Crippen LogP contribution in [0.2, 0.25) is 0 Å². The van der Waals surface area contributed by atoms with Gasteiger partial charge in [-0.25, -0.2) is 4.68 Å². The molecule has 1 aromatic carbocycles. The smallest absolute Gasteiger partial charge is 0.259 e. The highest BCUT2D eigenvalue weighted by Gasteiger charge is 2.33. The van der Waals surface area contributed by atoms with Crippen LogP contribution in [0.5, 0.6) is 0 Å². The molecule has 1 N–H and O–H groups in total. The molecule has 0 spiro atoms. The first-order chi connectivity index (χ1) is 17.0. The Balaban J connectivity index is 1.32. The fourth-order valence-corrected chi connectivity index (χ4v) is 5.56. The second-order valence-electron chi connectivity index (χ2n) is 10.1. The summed E-state index contributed by atoms with van der Waals surface area (Å²) in [7, 11) is 0. The van der Waals surface area contributed by atoms with Gasteiger partial charge in [-0.3, -0.25) is 9.59 Å². The number of amides is 2. The van der Waals surface area contributed by atoms with Gasteiger partial charge in [0.25, 0.3) is 5.91 Å². The Kier molecular flexibility index (Phi) is 6.75. The van der Waals surface area contributed by atoms with Gasteiger partial charge in [0.15, 0.2) is 5.82 Å². The van der Waals surface area contributed by atoms with Gasteiger partial charge >= 0.3 is 0 Å². The monoisotopic (exact) mass is 473 g/mol. The third-order valence-corrected chi connectivity index (χ3v) is 7.69. The second-order valence-corrected chi connectivity index (χ2v) is 10.1. The normalized spacial score (nSPS) is 21.1. The quantitative estimate of drug-likeness (QED) is 0.592. The maximum atomic E-state index is 13.8. The summed E-state index contributed by atoms with van der Waals surface area (Å²) >= 11 is 0.